The Morgan fingerprint density at radius 2 is 1.81 bits per heavy atom. The van der Waals surface area contributed by atoms with Crippen LogP contribution in [0.5, 0.6) is 0 Å². The minimum Gasteiger partial charge on any atom is -0.331 e. The summed E-state index contributed by atoms with van der Waals surface area (Å²) in [6.07, 6.45) is 0.222. The van der Waals surface area contributed by atoms with Crippen LogP contribution in [-0.2, 0) is 4.79 Å². The van der Waals surface area contributed by atoms with E-state index in [1.54, 1.807) is 12.1 Å². The molecule has 2 aromatic rings. The van der Waals surface area contributed by atoms with E-state index >= 15 is 0 Å². The first-order valence-electron chi connectivity index (χ1n) is 10.8. The molecular weight excluding hydrogens is 392 g/mol. The zero-order valence-corrected chi connectivity index (χ0v) is 17.5. The van der Waals surface area contributed by atoms with Crippen molar-refractivity contribution < 1.29 is 14.4 Å². The first-order valence-corrected chi connectivity index (χ1v) is 10.8. The van der Waals surface area contributed by atoms with Gasteiger partial charge in [-0.05, 0) is 36.1 Å². The van der Waals surface area contributed by atoms with Gasteiger partial charge in [0.25, 0.3) is 5.91 Å². The second-order valence-electron chi connectivity index (χ2n) is 8.61. The Morgan fingerprint density at radius 3 is 2.61 bits per heavy atom. The molecule has 3 saturated heterocycles. The second-order valence-corrected chi connectivity index (χ2v) is 8.61. The molecule has 5 rings (SSSR count). The Hall–Kier alpha value is -3.19. The average molecular weight is 418 g/mol. The molecule has 3 heterocycles. The molecule has 0 unspecified atom stereocenters. The van der Waals surface area contributed by atoms with Gasteiger partial charge >= 0.3 is 6.03 Å². The van der Waals surface area contributed by atoms with Gasteiger partial charge in [-0.25, -0.2) is 4.79 Å². The summed E-state index contributed by atoms with van der Waals surface area (Å²) >= 11 is 0. The van der Waals surface area contributed by atoms with Crippen molar-refractivity contribution in [2.45, 2.75) is 19.4 Å². The van der Waals surface area contributed by atoms with Crippen molar-refractivity contribution in [3.05, 3.63) is 65.2 Å². The zero-order chi connectivity index (χ0) is 21.5. The van der Waals surface area contributed by atoms with Crippen molar-refractivity contribution in [1.29, 1.82) is 0 Å². The predicted octanol–water partition coefficient (Wildman–Crippen LogP) is 2.47. The van der Waals surface area contributed by atoms with E-state index in [0.717, 1.165) is 13.1 Å². The van der Waals surface area contributed by atoms with Crippen LogP contribution in [0.25, 0.3) is 0 Å². The van der Waals surface area contributed by atoms with Gasteiger partial charge in [0.05, 0.1) is 17.3 Å². The number of aryl methyl sites for hydroxylation is 1. The minimum atomic E-state index is -0.477. The number of likely N-dealkylation sites (tertiary alicyclic amines) is 1. The Balaban J connectivity index is 1.52. The maximum atomic E-state index is 13.9. The summed E-state index contributed by atoms with van der Waals surface area (Å²) in [5.41, 5.74) is 3.42. The molecule has 3 aliphatic heterocycles. The summed E-state index contributed by atoms with van der Waals surface area (Å²) in [4.78, 5) is 41.4. The first kappa shape index (κ1) is 19.8. The summed E-state index contributed by atoms with van der Waals surface area (Å²) in [5, 5.41) is 5.84. The Morgan fingerprint density at radius 1 is 1.03 bits per heavy atom. The second kappa shape index (κ2) is 7.81. The standard InChI is InChI=1S/C24H26N4O3/c1-15-6-2-3-7-17(15)22-19-13-25-12-16(19)14-28(22)23(30)18-8-4-5-9-20(18)27-11-10-21(29)26-24(27)31/h2-9,16,19,22,25H,10-14H2,1H3,(H,26,29,31)/t16-,19-,22+/m0/s1. The van der Waals surface area contributed by atoms with Crippen LogP contribution in [-0.4, -0.2) is 48.9 Å². The van der Waals surface area contributed by atoms with Crippen LogP contribution < -0.4 is 15.5 Å². The highest BCUT2D eigenvalue weighted by Gasteiger charge is 2.47. The number of imide groups is 1. The fourth-order valence-electron chi connectivity index (χ4n) is 5.29. The van der Waals surface area contributed by atoms with Gasteiger partial charge < -0.3 is 10.2 Å². The molecule has 7 heteroatoms. The van der Waals surface area contributed by atoms with Gasteiger partial charge in [-0.3, -0.25) is 19.8 Å². The van der Waals surface area contributed by atoms with Crippen molar-refractivity contribution in [3.8, 4) is 0 Å². The van der Waals surface area contributed by atoms with E-state index in [-0.39, 0.29) is 30.8 Å². The third-order valence-corrected chi connectivity index (χ3v) is 6.81. The molecule has 0 bridgehead atoms. The molecule has 3 atom stereocenters. The van der Waals surface area contributed by atoms with Gasteiger partial charge in [-0.2, -0.15) is 0 Å². The number of anilines is 1. The number of rotatable bonds is 3. The summed E-state index contributed by atoms with van der Waals surface area (Å²) < 4.78 is 0. The summed E-state index contributed by atoms with van der Waals surface area (Å²) in [6, 6.07) is 15.0. The van der Waals surface area contributed by atoms with Gasteiger partial charge in [0.2, 0.25) is 5.91 Å². The Labute approximate surface area is 181 Å². The largest absolute Gasteiger partial charge is 0.331 e. The lowest BCUT2D eigenvalue weighted by molar-refractivity contribution is -0.120. The topological polar surface area (TPSA) is 81.8 Å². The van der Waals surface area contributed by atoms with Crippen LogP contribution in [0.15, 0.2) is 48.5 Å². The fourth-order valence-corrected chi connectivity index (χ4v) is 5.29. The third-order valence-electron chi connectivity index (χ3n) is 6.81. The van der Waals surface area contributed by atoms with Crippen LogP contribution in [0.3, 0.4) is 0 Å². The third kappa shape index (κ3) is 3.39. The van der Waals surface area contributed by atoms with Crippen LogP contribution in [0, 0.1) is 18.8 Å². The molecule has 3 aliphatic rings. The number of carbonyl (C=O) groups is 3. The van der Waals surface area contributed by atoms with Crippen LogP contribution in [0.2, 0.25) is 0 Å². The van der Waals surface area contributed by atoms with Gasteiger partial charge in [0.1, 0.15) is 0 Å². The number of benzene rings is 2. The number of para-hydroxylation sites is 1. The summed E-state index contributed by atoms with van der Waals surface area (Å²) in [7, 11) is 0. The molecule has 0 saturated carbocycles. The number of carbonyl (C=O) groups excluding carboxylic acids is 3. The number of nitrogens with zero attached hydrogens (tertiary/aromatic N) is 2. The van der Waals surface area contributed by atoms with Crippen LogP contribution in [0.1, 0.15) is 33.9 Å². The molecule has 0 radical (unpaired) electrons. The van der Waals surface area contributed by atoms with Crippen molar-refractivity contribution in [3.63, 3.8) is 0 Å². The van der Waals surface area contributed by atoms with Gasteiger partial charge in [-0.15, -0.1) is 0 Å². The van der Waals surface area contributed by atoms with E-state index in [0.29, 0.717) is 29.6 Å². The van der Waals surface area contributed by atoms with E-state index < -0.39 is 6.03 Å². The number of fused-ring (bicyclic) bond motifs is 1. The van der Waals surface area contributed by atoms with E-state index in [2.05, 4.69) is 29.7 Å². The summed E-state index contributed by atoms with van der Waals surface area (Å²) in [6.45, 7) is 4.86. The number of urea groups is 1. The van der Waals surface area contributed by atoms with Crippen molar-refractivity contribution in [1.82, 2.24) is 15.5 Å². The van der Waals surface area contributed by atoms with Gasteiger partial charge in [0.15, 0.2) is 0 Å². The van der Waals surface area contributed by atoms with E-state index in [1.165, 1.54) is 16.0 Å². The molecule has 0 aliphatic carbocycles. The van der Waals surface area contributed by atoms with Gasteiger partial charge in [-0.1, -0.05) is 36.4 Å². The number of amides is 4. The molecule has 31 heavy (non-hydrogen) atoms. The lowest BCUT2D eigenvalue weighted by Crippen LogP contribution is -2.50. The lowest BCUT2D eigenvalue weighted by Gasteiger charge is -2.32. The minimum absolute atomic E-state index is 0.00137. The number of hydrogen-bond acceptors (Lipinski definition) is 4. The van der Waals surface area contributed by atoms with Crippen molar-refractivity contribution >= 4 is 23.5 Å². The van der Waals surface area contributed by atoms with Crippen molar-refractivity contribution in [2.24, 2.45) is 11.8 Å². The predicted molar refractivity (Wildman–Crippen MR) is 117 cm³/mol. The number of hydrogen-bond donors (Lipinski definition) is 2. The molecule has 0 spiro atoms. The average Bonchev–Trinajstić information content (AvgIpc) is 3.35. The quantitative estimate of drug-likeness (QED) is 0.802. The highest BCUT2D eigenvalue weighted by atomic mass is 16.2. The van der Waals surface area contributed by atoms with Crippen LogP contribution in [0.4, 0.5) is 10.5 Å². The molecule has 2 aromatic carbocycles. The highest BCUT2D eigenvalue weighted by molar-refractivity contribution is 6.09. The maximum Gasteiger partial charge on any atom is 0.328 e. The fraction of sp³-hybridized carbons (Fsp3) is 0.375. The SMILES string of the molecule is Cc1ccccc1[C@@H]1[C@H]2CNC[C@H]2CN1C(=O)c1ccccc1N1CCC(=O)NC1=O. The molecular formula is C24H26N4O3. The smallest absolute Gasteiger partial charge is 0.328 e. The molecule has 4 amide bonds. The van der Waals surface area contributed by atoms with Crippen molar-refractivity contribution in [2.75, 3.05) is 31.1 Å². The number of nitrogens with one attached hydrogen (secondary N) is 2. The molecule has 160 valence electrons. The van der Waals surface area contributed by atoms with Crippen LogP contribution >= 0.6 is 0 Å². The molecule has 2 N–H and O–H groups in total. The molecule has 7 nitrogen and oxygen atoms in total. The molecule has 0 aromatic heterocycles. The molecule has 3 fully saturated rings. The van der Waals surface area contributed by atoms with E-state index in [9.17, 15) is 14.4 Å². The van der Waals surface area contributed by atoms with Gasteiger partial charge in [0, 0.05) is 38.5 Å². The zero-order valence-electron chi connectivity index (χ0n) is 17.5. The normalized spacial score (nSPS) is 25.5. The highest BCUT2D eigenvalue weighted by Crippen LogP contribution is 2.44. The monoisotopic (exact) mass is 418 g/mol. The Bertz CT molecular complexity index is 1050. The van der Waals surface area contributed by atoms with E-state index in [1.807, 2.05) is 29.2 Å². The lowest BCUT2D eigenvalue weighted by atomic mass is 9.87. The van der Waals surface area contributed by atoms with E-state index in [4.69, 9.17) is 0 Å². The summed E-state index contributed by atoms with van der Waals surface area (Å²) in [5.74, 6) is 0.428. The Kier molecular flexibility index (Phi) is 4.98. The maximum absolute atomic E-state index is 13.9. The first-order chi connectivity index (χ1) is 15.0.